The Kier molecular flexibility index (Phi) is 10.2. The molecule has 2 aliphatic rings. The summed E-state index contributed by atoms with van der Waals surface area (Å²) in [5.74, 6) is 0.937. The van der Waals surface area contributed by atoms with Crippen molar-refractivity contribution in [3.05, 3.63) is 53.3 Å². The third kappa shape index (κ3) is 7.86. The van der Waals surface area contributed by atoms with Crippen LogP contribution in [0.25, 0.3) is 11.3 Å². The summed E-state index contributed by atoms with van der Waals surface area (Å²) in [6, 6.07) is 8.18. The molecule has 2 fully saturated rings. The molecule has 5 rings (SSSR count). The summed E-state index contributed by atoms with van der Waals surface area (Å²) in [6.45, 7) is 8.12. The van der Waals surface area contributed by atoms with Crippen molar-refractivity contribution in [3.63, 3.8) is 0 Å². The molecule has 43 heavy (non-hydrogen) atoms. The lowest BCUT2D eigenvalue weighted by atomic mass is 9.90. The number of anilines is 3. The summed E-state index contributed by atoms with van der Waals surface area (Å²) >= 11 is 0. The lowest BCUT2D eigenvalue weighted by Crippen LogP contribution is -2.39. The highest BCUT2D eigenvalue weighted by molar-refractivity contribution is 7.89. The Morgan fingerprint density at radius 3 is 2.56 bits per heavy atom. The number of ether oxygens (including phenoxy) is 1. The van der Waals surface area contributed by atoms with Crippen molar-refractivity contribution in [2.75, 3.05) is 62.0 Å². The molecule has 1 unspecified atom stereocenters. The number of nitrogens with zero attached hydrogens (tertiary/aromatic N) is 7. The zero-order chi connectivity index (χ0) is 30.2. The highest BCUT2D eigenvalue weighted by atomic mass is 32.2. The number of aromatic nitrogens is 4. The Bertz CT molecular complexity index is 1450. The minimum absolute atomic E-state index is 0.0421. The Morgan fingerprint density at radius 1 is 1.12 bits per heavy atom. The number of benzene rings is 1. The van der Waals surface area contributed by atoms with Crippen molar-refractivity contribution < 1.29 is 18.0 Å². The van der Waals surface area contributed by atoms with E-state index in [1.165, 1.54) is 0 Å². The maximum Gasteiger partial charge on any atom is 0.227 e. The molecule has 3 aromatic rings. The first-order valence-corrected chi connectivity index (χ1v) is 16.5. The molecule has 0 bridgehead atoms. The van der Waals surface area contributed by atoms with Gasteiger partial charge in [0.05, 0.1) is 36.9 Å². The average Bonchev–Trinajstić information content (AvgIpc) is 3.53. The van der Waals surface area contributed by atoms with Gasteiger partial charge in [-0.3, -0.25) is 4.68 Å². The van der Waals surface area contributed by atoms with E-state index in [4.69, 9.17) is 14.6 Å². The zero-order valence-corrected chi connectivity index (χ0v) is 25.6. The van der Waals surface area contributed by atoms with Crippen molar-refractivity contribution >= 4 is 27.3 Å². The van der Waals surface area contributed by atoms with Crippen LogP contribution in [0.2, 0.25) is 0 Å². The van der Waals surface area contributed by atoms with E-state index in [0.717, 1.165) is 73.8 Å². The van der Waals surface area contributed by atoms with Gasteiger partial charge in [0, 0.05) is 61.9 Å². The highest BCUT2D eigenvalue weighted by Crippen LogP contribution is 2.31. The number of hydrogen-bond acceptors (Lipinski definition) is 11. The van der Waals surface area contributed by atoms with Crippen LogP contribution in [0.1, 0.15) is 44.2 Å². The highest BCUT2D eigenvalue weighted by Gasteiger charge is 2.29. The van der Waals surface area contributed by atoms with Crippen molar-refractivity contribution in [1.82, 2.24) is 24.1 Å². The molecule has 232 valence electrons. The number of morpholine rings is 1. The molecular formula is C29H40N8O5S. The van der Waals surface area contributed by atoms with Gasteiger partial charge in [0.15, 0.2) is 5.34 Å². The third-order valence-corrected chi connectivity index (χ3v) is 10.1. The van der Waals surface area contributed by atoms with Crippen LogP contribution in [0.4, 0.5) is 17.3 Å². The van der Waals surface area contributed by atoms with Crippen molar-refractivity contribution in [1.29, 1.82) is 0 Å². The molecule has 0 aliphatic carbocycles. The predicted octanol–water partition coefficient (Wildman–Crippen LogP) is 4.31. The van der Waals surface area contributed by atoms with Crippen LogP contribution >= 0.6 is 0 Å². The molecule has 0 radical (unpaired) electrons. The van der Waals surface area contributed by atoms with Gasteiger partial charge in [-0.1, -0.05) is 0 Å². The third-order valence-electron chi connectivity index (χ3n) is 8.25. The normalized spacial score (nSPS) is 17.5. The van der Waals surface area contributed by atoms with Gasteiger partial charge >= 0.3 is 0 Å². The first kappa shape index (κ1) is 30.8. The van der Waals surface area contributed by atoms with Gasteiger partial charge in [0.2, 0.25) is 16.0 Å². The van der Waals surface area contributed by atoms with E-state index in [2.05, 4.69) is 37.8 Å². The summed E-state index contributed by atoms with van der Waals surface area (Å²) in [5.41, 5.74) is 4.60. The number of hydrogen-bond donors (Lipinski definition) is 1. The summed E-state index contributed by atoms with van der Waals surface area (Å²) in [5, 5.41) is 10.5. The number of nitrogens with one attached hydrogen (secondary N) is 1. The van der Waals surface area contributed by atoms with E-state index in [1.807, 2.05) is 29.9 Å². The Balaban J connectivity index is 1.27. The van der Waals surface area contributed by atoms with E-state index >= 15 is 0 Å². The van der Waals surface area contributed by atoms with Crippen LogP contribution in [-0.4, -0.2) is 84.2 Å². The number of piperidine rings is 1. The van der Waals surface area contributed by atoms with Crippen LogP contribution in [0.5, 0.6) is 0 Å². The number of rotatable bonds is 13. The van der Waals surface area contributed by atoms with E-state index in [1.54, 1.807) is 23.6 Å². The fourth-order valence-electron chi connectivity index (χ4n) is 5.74. The van der Waals surface area contributed by atoms with Gasteiger partial charge in [-0.15, -0.1) is 4.91 Å². The minimum atomic E-state index is -3.18. The molecule has 0 amide bonds. The lowest BCUT2D eigenvalue weighted by Gasteiger charge is -2.32. The van der Waals surface area contributed by atoms with Gasteiger partial charge in [-0.25, -0.2) is 22.7 Å². The first-order valence-electron chi connectivity index (χ1n) is 14.9. The lowest BCUT2D eigenvalue weighted by molar-refractivity contribution is 0.116. The van der Waals surface area contributed by atoms with Crippen LogP contribution in [0, 0.1) is 17.7 Å². The largest absolute Gasteiger partial charge is 0.378 e. The topological polar surface area (TPSA) is 144 Å². The second-order valence-corrected chi connectivity index (χ2v) is 13.3. The second kappa shape index (κ2) is 14.2. The average molecular weight is 613 g/mol. The molecule has 1 aromatic carbocycles. The van der Waals surface area contributed by atoms with Crippen LogP contribution in [0.3, 0.4) is 0 Å². The summed E-state index contributed by atoms with van der Waals surface area (Å²) in [7, 11) is -3.18. The predicted molar refractivity (Wildman–Crippen MR) is 165 cm³/mol. The molecule has 0 saturated carbocycles. The molecule has 1 atom stereocenters. The maximum absolute atomic E-state index is 12.3. The van der Waals surface area contributed by atoms with E-state index < -0.39 is 10.0 Å². The van der Waals surface area contributed by atoms with Crippen LogP contribution in [-0.2, 0) is 19.6 Å². The van der Waals surface area contributed by atoms with Gasteiger partial charge in [-0.2, -0.15) is 5.10 Å². The smallest absolute Gasteiger partial charge is 0.227 e. The monoisotopic (exact) mass is 612 g/mol. The van der Waals surface area contributed by atoms with Crippen LogP contribution in [0.15, 0.2) is 48.2 Å². The minimum Gasteiger partial charge on any atom is -0.378 e. The molecular weight excluding hydrogens is 572 g/mol. The summed E-state index contributed by atoms with van der Waals surface area (Å²) < 4.78 is 33.5. The van der Waals surface area contributed by atoms with E-state index in [9.17, 15) is 13.3 Å². The fourth-order valence-corrected chi connectivity index (χ4v) is 6.87. The molecule has 2 aliphatic heterocycles. The molecule has 4 heterocycles. The van der Waals surface area contributed by atoms with Gasteiger partial charge in [0.25, 0.3) is 0 Å². The van der Waals surface area contributed by atoms with Crippen LogP contribution < -0.4 is 10.2 Å². The van der Waals surface area contributed by atoms with Crippen molar-refractivity contribution in [3.8, 4) is 11.3 Å². The molecule has 13 nitrogen and oxygen atoms in total. The van der Waals surface area contributed by atoms with Gasteiger partial charge in [-0.05, 0) is 68.9 Å². The molecule has 2 aromatic heterocycles. The quantitative estimate of drug-likeness (QED) is 0.168. The van der Waals surface area contributed by atoms with E-state index in [0.29, 0.717) is 31.4 Å². The summed E-state index contributed by atoms with van der Waals surface area (Å²) in [4.78, 5) is 26.9. The van der Waals surface area contributed by atoms with Gasteiger partial charge < -0.3 is 19.8 Å². The first-order chi connectivity index (χ1) is 20.9. The van der Waals surface area contributed by atoms with E-state index in [-0.39, 0.29) is 18.4 Å². The SMILES string of the molecule is CCS(=O)(=O)N1CCC(CC(CCON=O)n2cc(-c3nc(Nc4ccc(N5CCOCC5)cc4)ncc3C)cn2)CC1. The Labute approximate surface area is 252 Å². The summed E-state index contributed by atoms with van der Waals surface area (Å²) in [6.07, 6.45) is 8.46. The molecule has 1 N–H and O–H groups in total. The van der Waals surface area contributed by atoms with Gasteiger partial charge in [0.1, 0.15) is 6.61 Å². The standard InChI is InChI=1S/C29H40N8O5S/c1-3-43(39,40)36-11-8-23(9-12-36)18-27(10-15-42-34-38)37-21-24(20-31-37)28-22(2)19-30-29(33-28)32-25-4-6-26(7-5-25)35-13-16-41-17-14-35/h4-7,19-21,23,27H,3,8-18H2,1-2H3,(H,30,32,33). The molecule has 2 saturated heterocycles. The maximum atomic E-state index is 12.3. The number of sulfonamides is 1. The zero-order valence-electron chi connectivity index (χ0n) is 24.8. The van der Waals surface area contributed by atoms with Crippen molar-refractivity contribution in [2.24, 2.45) is 11.3 Å². The fraction of sp³-hybridized carbons (Fsp3) is 0.552. The Hall–Kier alpha value is -3.62. The molecule has 14 heteroatoms. The number of aryl methyl sites for hydroxylation is 1. The molecule has 0 spiro atoms. The second-order valence-electron chi connectivity index (χ2n) is 11.0. The van der Waals surface area contributed by atoms with Crippen molar-refractivity contribution in [2.45, 2.75) is 45.6 Å². The Morgan fingerprint density at radius 2 is 1.86 bits per heavy atom.